The van der Waals surface area contributed by atoms with Gasteiger partial charge in [0.05, 0.1) is 16.6 Å². The van der Waals surface area contributed by atoms with Crippen LogP contribution in [0.3, 0.4) is 0 Å². The molecule has 3 rings (SSSR count). The molecule has 0 saturated carbocycles. The minimum atomic E-state index is -0.0868. The fraction of sp³-hybridized carbons (Fsp3) is 0.125. The van der Waals surface area contributed by atoms with E-state index in [1.54, 1.807) is 0 Å². The Bertz CT molecular complexity index is 904. The van der Waals surface area contributed by atoms with Crippen LogP contribution in [0.2, 0.25) is 0 Å². The summed E-state index contributed by atoms with van der Waals surface area (Å²) < 4.78 is 1.95. The summed E-state index contributed by atoms with van der Waals surface area (Å²) in [6, 6.07) is 13.5. The van der Waals surface area contributed by atoms with Crippen LogP contribution in [-0.4, -0.2) is 9.55 Å². The normalized spacial score (nSPS) is 10.9. The minimum absolute atomic E-state index is 0.0868. The Morgan fingerprint density at radius 1 is 1.00 bits per heavy atom. The number of aromatic nitrogens is 2. The Kier molecular flexibility index (Phi) is 3.03. The Morgan fingerprint density at radius 3 is 2.35 bits per heavy atom. The quantitative estimate of drug-likeness (QED) is 0.692. The lowest BCUT2D eigenvalue weighted by Crippen LogP contribution is -2.20. The van der Waals surface area contributed by atoms with E-state index < -0.39 is 0 Å². The summed E-state index contributed by atoms with van der Waals surface area (Å²) in [5.41, 5.74) is 3.67. The molecule has 0 bridgehead atoms. The predicted molar refractivity (Wildman–Crippen MR) is 84.2 cm³/mol. The molecule has 0 saturated heterocycles. The molecule has 20 heavy (non-hydrogen) atoms. The summed E-state index contributed by atoms with van der Waals surface area (Å²) >= 11 is 5.32. The fourth-order valence-corrected chi connectivity index (χ4v) is 2.55. The van der Waals surface area contributed by atoms with Crippen LogP contribution >= 0.6 is 12.2 Å². The lowest BCUT2D eigenvalue weighted by molar-refractivity contribution is 0.939. The topological polar surface area (TPSA) is 37.8 Å². The van der Waals surface area contributed by atoms with Crippen LogP contribution in [0.25, 0.3) is 16.6 Å². The van der Waals surface area contributed by atoms with Crippen molar-refractivity contribution in [1.29, 1.82) is 0 Å². The molecule has 0 amide bonds. The number of hydrogen-bond donors (Lipinski definition) is 1. The molecular formula is C16H14N2OS. The van der Waals surface area contributed by atoms with Gasteiger partial charge < -0.3 is 4.98 Å². The fourth-order valence-electron chi connectivity index (χ4n) is 2.26. The van der Waals surface area contributed by atoms with Gasteiger partial charge in [0.15, 0.2) is 4.77 Å². The van der Waals surface area contributed by atoms with Crippen molar-refractivity contribution in [2.75, 3.05) is 0 Å². The van der Waals surface area contributed by atoms with Gasteiger partial charge in [0.1, 0.15) is 0 Å². The van der Waals surface area contributed by atoms with Gasteiger partial charge in [-0.1, -0.05) is 29.3 Å². The van der Waals surface area contributed by atoms with E-state index in [-0.39, 0.29) is 5.56 Å². The summed E-state index contributed by atoms with van der Waals surface area (Å²) in [5.74, 6) is 0. The first-order valence-corrected chi connectivity index (χ1v) is 6.80. The van der Waals surface area contributed by atoms with Crippen LogP contribution in [0.4, 0.5) is 0 Å². The molecule has 3 aromatic rings. The van der Waals surface area contributed by atoms with Crippen LogP contribution in [0.5, 0.6) is 0 Å². The second-order valence-corrected chi connectivity index (χ2v) is 5.34. The van der Waals surface area contributed by atoms with Crippen molar-refractivity contribution in [2.24, 2.45) is 0 Å². The number of hydrogen-bond acceptors (Lipinski definition) is 2. The SMILES string of the molecule is Cc1ccc(-n2c(=S)[nH]c3ccc(C)cc3c2=O)cc1. The molecule has 0 unspecified atom stereocenters. The zero-order chi connectivity index (χ0) is 14.3. The monoisotopic (exact) mass is 282 g/mol. The van der Waals surface area contributed by atoms with E-state index in [0.29, 0.717) is 10.2 Å². The molecule has 3 nitrogen and oxygen atoms in total. The van der Waals surface area contributed by atoms with Gasteiger partial charge in [-0.2, -0.15) is 0 Å². The van der Waals surface area contributed by atoms with E-state index in [1.807, 2.05) is 56.3 Å². The highest BCUT2D eigenvalue weighted by Gasteiger charge is 2.07. The molecular weight excluding hydrogens is 268 g/mol. The van der Waals surface area contributed by atoms with Crippen molar-refractivity contribution >= 4 is 23.1 Å². The Morgan fingerprint density at radius 2 is 1.65 bits per heavy atom. The first-order valence-electron chi connectivity index (χ1n) is 6.39. The molecule has 0 radical (unpaired) electrons. The summed E-state index contributed by atoms with van der Waals surface area (Å²) in [4.78, 5) is 15.8. The average molecular weight is 282 g/mol. The zero-order valence-corrected chi connectivity index (χ0v) is 12.1. The molecule has 0 atom stereocenters. The third-order valence-corrected chi connectivity index (χ3v) is 3.63. The Balaban J connectivity index is 2.39. The molecule has 0 aliphatic carbocycles. The van der Waals surface area contributed by atoms with Crippen LogP contribution in [0, 0.1) is 18.6 Å². The molecule has 4 heteroatoms. The highest BCUT2D eigenvalue weighted by atomic mass is 32.1. The van der Waals surface area contributed by atoms with Gasteiger partial charge >= 0.3 is 0 Å². The summed E-state index contributed by atoms with van der Waals surface area (Å²) in [5, 5.41) is 0.652. The van der Waals surface area contributed by atoms with Crippen molar-refractivity contribution in [3.8, 4) is 5.69 Å². The average Bonchev–Trinajstić information content (AvgIpc) is 2.42. The van der Waals surface area contributed by atoms with Crippen molar-refractivity contribution < 1.29 is 0 Å². The van der Waals surface area contributed by atoms with E-state index in [9.17, 15) is 4.79 Å². The first-order chi connectivity index (χ1) is 9.56. The highest BCUT2D eigenvalue weighted by molar-refractivity contribution is 7.71. The maximum Gasteiger partial charge on any atom is 0.266 e. The van der Waals surface area contributed by atoms with E-state index >= 15 is 0 Å². The molecule has 2 aromatic carbocycles. The largest absolute Gasteiger partial charge is 0.331 e. The number of aryl methyl sites for hydroxylation is 2. The Hall–Kier alpha value is -2.20. The standard InChI is InChI=1S/C16H14N2OS/c1-10-3-6-12(7-4-10)18-15(19)13-9-11(2)5-8-14(13)17-16(18)20/h3-9H,1-2H3,(H,17,20). The number of nitrogens with one attached hydrogen (secondary N) is 1. The van der Waals surface area contributed by atoms with Gasteiger partial charge in [-0.3, -0.25) is 9.36 Å². The lowest BCUT2D eigenvalue weighted by Gasteiger charge is -2.08. The van der Waals surface area contributed by atoms with E-state index in [4.69, 9.17) is 12.2 Å². The predicted octanol–water partition coefficient (Wildman–Crippen LogP) is 3.67. The van der Waals surface area contributed by atoms with E-state index in [1.165, 1.54) is 4.57 Å². The van der Waals surface area contributed by atoms with Crippen molar-refractivity contribution in [1.82, 2.24) is 9.55 Å². The van der Waals surface area contributed by atoms with Crippen LogP contribution in [0.1, 0.15) is 11.1 Å². The van der Waals surface area contributed by atoms with Crippen LogP contribution in [-0.2, 0) is 0 Å². The summed E-state index contributed by atoms with van der Waals surface area (Å²) in [6.45, 7) is 3.98. The van der Waals surface area contributed by atoms with E-state index in [0.717, 1.165) is 22.3 Å². The number of fused-ring (bicyclic) bond motifs is 1. The van der Waals surface area contributed by atoms with Gasteiger partial charge in [-0.25, -0.2) is 0 Å². The van der Waals surface area contributed by atoms with Gasteiger partial charge in [-0.15, -0.1) is 0 Å². The molecule has 1 aromatic heterocycles. The number of aromatic amines is 1. The van der Waals surface area contributed by atoms with Gasteiger partial charge in [0.2, 0.25) is 0 Å². The van der Waals surface area contributed by atoms with Gasteiger partial charge in [0, 0.05) is 0 Å². The summed E-state index contributed by atoms with van der Waals surface area (Å²) in [7, 11) is 0. The van der Waals surface area contributed by atoms with Gasteiger partial charge in [-0.05, 0) is 50.3 Å². The molecule has 1 heterocycles. The highest BCUT2D eigenvalue weighted by Crippen LogP contribution is 2.13. The first kappa shape index (κ1) is 12.8. The number of benzene rings is 2. The zero-order valence-electron chi connectivity index (χ0n) is 11.3. The third kappa shape index (κ3) is 2.08. The molecule has 0 spiro atoms. The molecule has 100 valence electrons. The van der Waals surface area contributed by atoms with Crippen molar-refractivity contribution in [2.45, 2.75) is 13.8 Å². The number of rotatable bonds is 1. The van der Waals surface area contributed by atoms with E-state index in [2.05, 4.69) is 4.98 Å². The smallest absolute Gasteiger partial charge is 0.266 e. The minimum Gasteiger partial charge on any atom is -0.331 e. The molecule has 0 aliphatic rings. The second kappa shape index (κ2) is 4.72. The lowest BCUT2D eigenvalue weighted by atomic mass is 10.1. The van der Waals surface area contributed by atoms with Crippen LogP contribution < -0.4 is 5.56 Å². The van der Waals surface area contributed by atoms with Crippen molar-refractivity contribution in [3.63, 3.8) is 0 Å². The maximum atomic E-state index is 12.7. The number of nitrogens with zero attached hydrogens (tertiary/aromatic N) is 1. The Labute approximate surface area is 121 Å². The summed E-state index contributed by atoms with van der Waals surface area (Å²) in [6.07, 6.45) is 0. The van der Waals surface area contributed by atoms with Crippen LogP contribution in [0.15, 0.2) is 47.3 Å². The second-order valence-electron chi connectivity index (χ2n) is 4.96. The van der Waals surface area contributed by atoms with Crippen molar-refractivity contribution in [3.05, 3.63) is 68.7 Å². The molecule has 0 fully saturated rings. The maximum absolute atomic E-state index is 12.7. The molecule has 0 aliphatic heterocycles. The number of H-pyrrole nitrogens is 1. The van der Waals surface area contributed by atoms with Gasteiger partial charge in [0.25, 0.3) is 5.56 Å². The third-order valence-electron chi connectivity index (χ3n) is 3.35. The molecule has 1 N–H and O–H groups in total.